The molecule has 0 saturated carbocycles. The molecule has 0 aliphatic rings. The van der Waals surface area contributed by atoms with Crippen molar-refractivity contribution in [1.29, 1.82) is 0 Å². The third kappa shape index (κ3) is 4.46. The number of hydrogen-bond donors (Lipinski definition) is 2. The van der Waals surface area contributed by atoms with E-state index in [-0.39, 0.29) is 0 Å². The van der Waals surface area contributed by atoms with Gasteiger partial charge in [0.2, 0.25) is 0 Å². The zero-order valence-electron chi connectivity index (χ0n) is 8.69. The Bertz CT molecular complexity index is 234. The summed E-state index contributed by atoms with van der Waals surface area (Å²) < 4.78 is 0. The number of thioether (sulfide) groups is 1. The Morgan fingerprint density at radius 3 is 2.86 bits per heavy atom. The predicted molar refractivity (Wildman–Crippen MR) is 66.7 cm³/mol. The third-order valence-corrected chi connectivity index (χ3v) is 3.92. The van der Waals surface area contributed by atoms with Crippen molar-refractivity contribution >= 4 is 23.1 Å². The fourth-order valence-corrected chi connectivity index (χ4v) is 2.68. The van der Waals surface area contributed by atoms with Crippen molar-refractivity contribution in [2.75, 3.05) is 5.75 Å². The highest BCUT2D eigenvalue weighted by atomic mass is 32.2. The Morgan fingerprint density at radius 2 is 2.36 bits per heavy atom. The smallest absolute Gasteiger partial charge is 0.0341 e. The van der Waals surface area contributed by atoms with Crippen LogP contribution in [0, 0.1) is 0 Å². The Labute approximate surface area is 94.2 Å². The molecule has 1 rings (SSSR count). The molecule has 4 heteroatoms. The van der Waals surface area contributed by atoms with Crippen molar-refractivity contribution in [3.63, 3.8) is 0 Å². The molecule has 1 aromatic heterocycles. The summed E-state index contributed by atoms with van der Waals surface area (Å²) in [6.45, 7) is 4.42. The van der Waals surface area contributed by atoms with Crippen LogP contribution in [-0.4, -0.2) is 17.0 Å². The van der Waals surface area contributed by atoms with E-state index >= 15 is 0 Å². The largest absolute Gasteiger partial charge is 0.271 e. The maximum absolute atomic E-state index is 5.52. The molecular formula is C10H18N2S2. The fraction of sp³-hybridized carbons (Fsp3) is 0.600. The van der Waals surface area contributed by atoms with Crippen LogP contribution in [0.2, 0.25) is 0 Å². The monoisotopic (exact) mass is 230 g/mol. The van der Waals surface area contributed by atoms with Crippen LogP contribution in [0.15, 0.2) is 16.8 Å². The van der Waals surface area contributed by atoms with Gasteiger partial charge < -0.3 is 0 Å². The second-order valence-corrected chi connectivity index (χ2v) is 5.97. The molecule has 0 radical (unpaired) electrons. The van der Waals surface area contributed by atoms with Crippen LogP contribution >= 0.6 is 23.1 Å². The van der Waals surface area contributed by atoms with Gasteiger partial charge in [0, 0.05) is 11.8 Å². The van der Waals surface area contributed by atoms with Gasteiger partial charge >= 0.3 is 0 Å². The normalized spacial score (nSPS) is 13.4. The third-order valence-electron chi connectivity index (χ3n) is 1.93. The maximum Gasteiger partial charge on any atom is 0.0341 e. The Morgan fingerprint density at radius 1 is 1.57 bits per heavy atom. The summed E-state index contributed by atoms with van der Waals surface area (Å²) >= 11 is 3.69. The molecule has 1 atom stereocenters. The van der Waals surface area contributed by atoms with Gasteiger partial charge in [-0.1, -0.05) is 13.8 Å². The molecule has 0 aliphatic carbocycles. The van der Waals surface area contributed by atoms with E-state index in [4.69, 9.17) is 5.84 Å². The van der Waals surface area contributed by atoms with Gasteiger partial charge in [0.1, 0.15) is 0 Å². The minimum absolute atomic E-state index is 0.386. The standard InChI is InChI=1S/C10H18N2S2/c1-8(2)14-7-10(12-11)5-9-3-4-13-6-9/h3-4,6,8,10,12H,5,7,11H2,1-2H3. The molecular weight excluding hydrogens is 212 g/mol. The minimum atomic E-state index is 0.386. The van der Waals surface area contributed by atoms with Gasteiger partial charge in [-0.05, 0) is 34.1 Å². The summed E-state index contributed by atoms with van der Waals surface area (Å²) in [4.78, 5) is 0. The molecule has 1 heterocycles. The first kappa shape index (κ1) is 12.0. The van der Waals surface area contributed by atoms with Crippen LogP contribution in [0.4, 0.5) is 0 Å². The van der Waals surface area contributed by atoms with Crippen molar-refractivity contribution in [3.8, 4) is 0 Å². The first-order valence-corrected chi connectivity index (χ1v) is 6.80. The molecule has 3 N–H and O–H groups in total. The van der Waals surface area contributed by atoms with Gasteiger partial charge in [-0.25, -0.2) is 0 Å². The fourth-order valence-electron chi connectivity index (χ4n) is 1.17. The average molecular weight is 230 g/mol. The zero-order valence-corrected chi connectivity index (χ0v) is 10.3. The zero-order chi connectivity index (χ0) is 10.4. The lowest BCUT2D eigenvalue weighted by atomic mass is 10.1. The van der Waals surface area contributed by atoms with Gasteiger partial charge in [0.25, 0.3) is 0 Å². The first-order valence-electron chi connectivity index (χ1n) is 4.81. The Kier molecular flexibility index (Phi) is 5.55. The van der Waals surface area contributed by atoms with Gasteiger partial charge in [-0.2, -0.15) is 23.1 Å². The van der Waals surface area contributed by atoms with Crippen molar-refractivity contribution in [3.05, 3.63) is 22.4 Å². The minimum Gasteiger partial charge on any atom is -0.271 e. The van der Waals surface area contributed by atoms with E-state index in [2.05, 4.69) is 36.1 Å². The van der Waals surface area contributed by atoms with Crippen molar-refractivity contribution in [2.24, 2.45) is 5.84 Å². The number of hydrazine groups is 1. The van der Waals surface area contributed by atoms with Gasteiger partial charge in [-0.15, -0.1) is 0 Å². The van der Waals surface area contributed by atoms with Crippen molar-refractivity contribution in [2.45, 2.75) is 31.6 Å². The molecule has 0 aromatic carbocycles. The summed E-state index contributed by atoms with van der Waals surface area (Å²) in [5, 5.41) is 4.97. The molecule has 0 spiro atoms. The summed E-state index contributed by atoms with van der Waals surface area (Å²) in [6.07, 6.45) is 1.03. The number of nitrogens with one attached hydrogen (secondary N) is 1. The molecule has 0 saturated heterocycles. The second kappa shape index (κ2) is 6.45. The summed E-state index contributed by atoms with van der Waals surface area (Å²) in [6, 6.07) is 2.55. The van der Waals surface area contributed by atoms with E-state index in [1.165, 1.54) is 5.56 Å². The van der Waals surface area contributed by atoms with Crippen molar-refractivity contribution in [1.82, 2.24) is 5.43 Å². The summed E-state index contributed by atoms with van der Waals surface area (Å²) in [5.41, 5.74) is 4.26. The predicted octanol–water partition coefficient (Wildman–Crippen LogP) is 2.26. The molecule has 14 heavy (non-hydrogen) atoms. The van der Waals surface area contributed by atoms with Crippen molar-refractivity contribution < 1.29 is 0 Å². The van der Waals surface area contributed by atoms with E-state index in [1.54, 1.807) is 11.3 Å². The summed E-state index contributed by atoms with van der Waals surface area (Å²) in [7, 11) is 0. The number of hydrogen-bond acceptors (Lipinski definition) is 4. The van der Waals surface area contributed by atoms with E-state index in [9.17, 15) is 0 Å². The van der Waals surface area contributed by atoms with Crippen LogP contribution in [0.1, 0.15) is 19.4 Å². The molecule has 1 unspecified atom stereocenters. The molecule has 0 fully saturated rings. The second-order valence-electron chi connectivity index (χ2n) is 3.58. The molecule has 80 valence electrons. The van der Waals surface area contributed by atoms with Gasteiger partial charge in [0.15, 0.2) is 0 Å². The van der Waals surface area contributed by atoms with E-state index < -0.39 is 0 Å². The van der Waals surface area contributed by atoms with Gasteiger partial charge in [-0.3, -0.25) is 11.3 Å². The molecule has 2 nitrogen and oxygen atoms in total. The quantitative estimate of drug-likeness (QED) is 0.581. The SMILES string of the molecule is CC(C)SCC(Cc1ccsc1)NN. The Hall–Kier alpha value is -0.0300. The first-order chi connectivity index (χ1) is 6.72. The van der Waals surface area contributed by atoms with Crippen LogP contribution in [-0.2, 0) is 6.42 Å². The maximum atomic E-state index is 5.52. The molecule has 1 aromatic rings. The van der Waals surface area contributed by atoms with Crippen LogP contribution in [0.3, 0.4) is 0 Å². The van der Waals surface area contributed by atoms with Crippen LogP contribution in [0.5, 0.6) is 0 Å². The Balaban J connectivity index is 2.32. The van der Waals surface area contributed by atoms with E-state index in [0.717, 1.165) is 12.2 Å². The lowest BCUT2D eigenvalue weighted by Gasteiger charge is -2.15. The lowest BCUT2D eigenvalue weighted by molar-refractivity contribution is 0.576. The topological polar surface area (TPSA) is 38.0 Å². The summed E-state index contributed by atoms with van der Waals surface area (Å²) in [5.74, 6) is 6.59. The highest BCUT2D eigenvalue weighted by Crippen LogP contribution is 2.14. The van der Waals surface area contributed by atoms with Crippen LogP contribution in [0.25, 0.3) is 0 Å². The number of nitrogens with two attached hydrogens (primary N) is 1. The average Bonchev–Trinajstić information content (AvgIpc) is 2.64. The number of thiophene rings is 1. The number of rotatable bonds is 6. The molecule has 0 bridgehead atoms. The van der Waals surface area contributed by atoms with E-state index in [0.29, 0.717) is 11.3 Å². The molecule has 0 aliphatic heterocycles. The molecule has 0 amide bonds. The highest BCUT2D eigenvalue weighted by Gasteiger charge is 2.08. The van der Waals surface area contributed by atoms with Crippen LogP contribution < -0.4 is 11.3 Å². The highest BCUT2D eigenvalue weighted by molar-refractivity contribution is 7.99. The van der Waals surface area contributed by atoms with E-state index in [1.807, 2.05) is 11.8 Å². The van der Waals surface area contributed by atoms with Gasteiger partial charge in [0.05, 0.1) is 0 Å². The lowest BCUT2D eigenvalue weighted by Crippen LogP contribution is -2.38.